The third-order valence-corrected chi connectivity index (χ3v) is 4.36. The van der Waals surface area contributed by atoms with E-state index in [4.69, 9.17) is 9.47 Å². The van der Waals surface area contributed by atoms with Crippen molar-refractivity contribution in [2.75, 3.05) is 20.3 Å². The average molecular weight is 378 g/mol. The SMILES string of the molecule is CCOC(=O)NC(=O)COC(=O)c1sc(-c2ccc(OC)cc2)nc1C. The van der Waals surface area contributed by atoms with E-state index in [1.54, 1.807) is 33.1 Å². The van der Waals surface area contributed by atoms with E-state index in [-0.39, 0.29) is 6.61 Å². The van der Waals surface area contributed by atoms with Crippen molar-refractivity contribution < 1.29 is 28.6 Å². The number of rotatable bonds is 6. The summed E-state index contributed by atoms with van der Waals surface area (Å²) in [6, 6.07) is 7.26. The van der Waals surface area contributed by atoms with Gasteiger partial charge in [-0.25, -0.2) is 14.6 Å². The topological polar surface area (TPSA) is 104 Å². The van der Waals surface area contributed by atoms with E-state index in [0.717, 1.165) is 16.9 Å². The Bertz CT molecular complexity index is 800. The number of thiazole rings is 1. The largest absolute Gasteiger partial charge is 0.497 e. The first kappa shape index (κ1) is 19.4. The number of aryl methyl sites for hydroxylation is 1. The van der Waals surface area contributed by atoms with Gasteiger partial charge in [-0.1, -0.05) is 0 Å². The van der Waals surface area contributed by atoms with Gasteiger partial charge >= 0.3 is 12.1 Å². The zero-order valence-corrected chi connectivity index (χ0v) is 15.3. The average Bonchev–Trinajstić information content (AvgIpc) is 3.01. The number of carbonyl (C=O) groups excluding carboxylic acids is 3. The number of alkyl carbamates (subject to hydrolysis) is 1. The number of amides is 2. The van der Waals surface area contributed by atoms with Gasteiger partial charge < -0.3 is 14.2 Å². The molecule has 0 unspecified atom stereocenters. The molecule has 0 saturated carbocycles. The van der Waals surface area contributed by atoms with Gasteiger partial charge in [0.25, 0.3) is 5.91 Å². The number of esters is 1. The normalized spacial score (nSPS) is 10.1. The number of imide groups is 1. The molecule has 2 rings (SSSR count). The Balaban J connectivity index is 2.00. The van der Waals surface area contributed by atoms with Crippen LogP contribution in [0.3, 0.4) is 0 Å². The quantitative estimate of drug-likeness (QED) is 0.770. The highest BCUT2D eigenvalue weighted by Crippen LogP contribution is 2.29. The number of hydrogen-bond donors (Lipinski definition) is 1. The number of benzene rings is 1. The van der Waals surface area contributed by atoms with Crippen LogP contribution in [0.1, 0.15) is 22.3 Å². The minimum Gasteiger partial charge on any atom is -0.497 e. The third kappa shape index (κ3) is 5.03. The van der Waals surface area contributed by atoms with E-state index in [2.05, 4.69) is 9.72 Å². The van der Waals surface area contributed by atoms with Crippen LogP contribution in [0.4, 0.5) is 4.79 Å². The van der Waals surface area contributed by atoms with Gasteiger partial charge in [-0.2, -0.15) is 0 Å². The van der Waals surface area contributed by atoms with E-state index in [0.29, 0.717) is 21.3 Å². The number of nitrogens with zero attached hydrogens (tertiary/aromatic N) is 1. The highest BCUT2D eigenvalue weighted by Gasteiger charge is 2.19. The molecule has 0 bridgehead atoms. The second-order valence-corrected chi connectivity index (χ2v) is 6.01. The minimum atomic E-state index is -0.885. The van der Waals surface area contributed by atoms with Crippen molar-refractivity contribution in [2.24, 2.45) is 0 Å². The first-order chi connectivity index (χ1) is 12.4. The minimum absolute atomic E-state index is 0.132. The van der Waals surface area contributed by atoms with Gasteiger partial charge in [0.15, 0.2) is 6.61 Å². The maximum absolute atomic E-state index is 12.2. The van der Waals surface area contributed by atoms with Crippen LogP contribution in [0.2, 0.25) is 0 Å². The smallest absolute Gasteiger partial charge is 0.413 e. The van der Waals surface area contributed by atoms with Crippen molar-refractivity contribution in [3.8, 4) is 16.3 Å². The molecule has 2 aromatic rings. The molecule has 0 spiro atoms. The molecule has 0 aliphatic carbocycles. The monoisotopic (exact) mass is 378 g/mol. The van der Waals surface area contributed by atoms with Crippen molar-refractivity contribution in [3.63, 3.8) is 0 Å². The Morgan fingerprint density at radius 1 is 1.15 bits per heavy atom. The Hall–Kier alpha value is -2.94. The van der Waals surface area contributed by atoms with Gasteiger partial charge in [0.2, 0.25) is 0 Å². The molecule has 26 heavy (non-hydrogen) atoms. The first-order valence-corrected chi connectivity index (χ1v) is 8.51. The lowest BCUT2D eigenvalue weighted by Crippen LogP contribution is -2.34. The Morgan fingerprint density at radius 3 is 2.46 bits per heavy atom. The van der Waals surface area contributed by atoms with Gasteiger partial charge in [0, 0.05) is 5.56 Å². The molecule has 0 fully saturated rings. The van der Waals surface area contributed by atoms with E-state index in [1.807, 2.05) is 17.4 Å². The summed E-state index contributed by atoms with van der Waals surface area (Å²) in [7, 11) is 1.58. The molecule has 0 aliphatic rings. The zero-order valence-electron chi connectivity index (χ0n) is 14.5. The van der Waals surface area contributed by atoms with Crippen LogP contribution in [0.15, 0.2) is 24.3 Å². The van der Waals surface area contributed by atoms with Crippen molar-refractivity contribution >= 4 is 29.3 Å². The van der Waals surface area contributed by atoms with Crippen molar-refractivity contribution in [1.29, 1.82) is 0 Å². The highest BCUT2D eigenvalue weighted by atomic mass is 32.1. The molecule has 1 aromatic heterocycles. The summed E-state index contributed by atoms with van der Waals surface area (Å²) in [5, 5.41) is 2.59. The van der Waals surface area contributed by atoms with Crippen LogP contribution in [0.25, 0.3) is 10.6 Å². The number of aromatic nitrogens is 1. The first-order valence-electron chi connectivity index (χ1n) is 7.70. The second kappa shape index (κ2) is 8.95. The van der Waals surface area contributed by atoms with Gasteiger partial charge in [0.1, 0.15) is 15.6 Å². The lowest BCUT2D eigenvalue weighted by molar-refractivity contribution is -0.123. The lowest BCUT2D eigenvalue weighted by Gasteiger charge is -2.05. The summed E-state index contributed by atoms with van der Waals surface area (Å²) >= 11 is 1.16. The summed E-state index contributed by atoms with van der Waals surface area (Å²) in [4.78, 5) is 39.4. The van der Waals surface area contributed by atoms with Gasteiger partial charge in [-0.05, 0) is 38.1 Å². The van der Waals surface area contributed by atoms with Gasteiger partial charge in [0.05, 0.1) is 19.4 Å². The van der Waals surface area contributed by atoms with Crippen molar-refractivity contribution in [1.82, 2.24) is 10.3 Å². The van der Waals surface area contributed by atoms with Crippen LogP contribution in [0, 0.1) is 6.92 Å². The van der Waals surface area contributed by atoms with Crippen molar-refractivity contribution in [2.45, 2.75) is 13.8 Å². The maximum Gasteiger partial charge on any atom is 0.413 e. The maximum atomic E-state index is 12.2. The van der Waals surface area contributed by atoms with E-state index < -0.39 is 24.6 Å². The summed E-state index contributed by atoms with van der Waals surface area (Å²) in [5.74, 6) is -0.734. The molecule has 0 aliphatic heterocycles. The molecule has 9 heteroatoms. The molecule has 0 saturated heterocycles. The van der Waals surface area contributed by atoms with Crippen LogP contribution < -0.4 is 10.1 Å². The molecule has 2 amide bonds. The summed E-state index contributed by atoms with van der Waals surface area (Å²) in [5.41, 5.74) is 1.33. The molecule has 0 radical (unpaired) electrons. The Kier molecular flexibility index (Phi) is 6.67. The van der Waals surface area contributed by atoms with E-state index >= 15 is 0 Å². The highest BCUT2D eigenvalue weighted by molar-refractivity contribution is 7.17. The number of carbonyl (C=O) groups is 3. The number of methoxy groups -OCH3 is 1. The summed E-state index contributed by atoms with van der Waals surface area (Å²) < 4.78 is 14.6. The lowest BCUT2D eigenvalue weighted by atomic mass is 10.2. The molecule has 1 heterocycles. The van der Waals surface area contributed by atoms with Gasteiger partial charge in [-0.15, -0.1) is 11.3 Å². The summed E-state index contributed by atoms with van der Waals surface area (Å²) in [6.45, 7) is 2.83. The molecular weight excluding hydrogens is 360 g/mol. The third-order valence-electron chi connectivity index (χ3n) is 3.17. The molecule has 1 aromatic carbocycles. The molecule has 0 atom stereocenters. The predicted molar refractivity (Wildman–Crippen MR) is 94.3 cm³/mol. The molecule has 1 N–H and O–H groups in total. The predicted octanol–water partition coefficient (Wildman–Crippen LogP) is 2.56. The fraction of sp³-hybridized carbons (Fsp3) is 0.294. The van der Waals surface area contributed by atoms with E-state index in [9.17, 15) is 14.4 Å². The van der Waals surface area contributed by atoms with Gasteiger partial charge in [-0.3, -0.25) is 10.1 Å². The van der Waals surface area contributed by atoms with Crippen LogP contribution in [-0.2, 0) is 14.3 Å². The van der Waals surface area contributed by atoms with Crippen molar-refractivity contribution in [3.05, 3.63) is 34.8 Å². The standard InChI is InChI=1S/C17H18N2O6S/c1-4-24-17(22)19-13(20)9-25-16(21)14-10(2)18-15(26-14)11-5-7-12(23-3)8-6-11/h5-8H,4,9H2,1-3H3,(H,19,20,22). The zero-order chi connectivity index (χ0) is 19.1. The van der Waals surface area contributed by atoms with Crippen LogP contribution in [0.5, 0.6) is 5.75 Å². The Morgan fingerprint density at radius 2 is 1.85 bits per heavy atom. The van der Waals surface area contributed by atoms with E-state index in [1.165, 1.54) is 0 Å². The number of nitrogens with one attached hydrogen (secondary N) is 1. The molecule has 138 valence electrons. The fourth-order valence-electron chi connectivity index (χ4n) is 1.96. The second-order valence-electron chi connectivity index (χ2n) is 5.01. The summed E-state index contributed by atoms with van der Waals surface area (Å²) in [6.07, 6.45) is -0.885. The molecule has 8 nitrogen and oxygen atoms in total. The van der Waals surface area contributed by atoms with Crippen LogP contribution in [-0.4, -0.2) is 43.3 Å². The number of ether oxygens (including phenoxy) is 3. The van der Waals surface area contributed by atoms with Crippen LogP contribution >= 0.6 is 11.3 Å². The fourth-order valence-corrected chi connectivity index (χ4v) is 2.92. The Labute approximate surface area is 154 Å². The molecular formula is C17H18N2O6S. The number of hydrogen-bond acceptors (Lipinski definition) is 8.